The second-order valence-electron chi connectivity index (χ2n) is 6.54. The minimum absolute atomic E-state index is 0.261. The van der Waals surface area contributed by atoms with E-state index >= 15 is 0 Å². The van der Waals surface area contributed by atoms with Gasteiger partial charge in [-0.1, -0.05) is 12.1 Å². The lowest BCUT2D eigenvalue weighted by Gasteiger charge is -2.13. The second kappa shape index (κ2) is 6.46. The summed E-state index contributed by atoms with van der Waals surface area (Å²) < 4.78 is 16.6. The third-order valence-corrected chi connectivity index (χ3v) is 4.86. The Hall–Kier alpha value is -2.86. The van der Waals surface area contributed by atoms with Gasteiger partial charge in [0.25, 0.3) is 0 Å². The van der Waals surface area contributed by atoms with E-state index in [4.69, 9.17) is 14.2 Å². The molecular weight excluding hydrogens is 330 g/mol. The molecule has 1 saturated heterocycles. The predicted octanol–water partition coefficient (Wildman–Crippen LogP) is 3.62. The molecule has 1 atom stereocenters. The molecule has 0 aliphatic carbocycles. The smallest absolute Gasteiger partial charge is 0.231 e. The van der Waals surface area contributed by atoms with Crippen LogP contribution in [0.2, 0.25) is 0 Å². The summed E-state index contributed by atoms with van der Waals surface area (Å²) in [5.74, 6) is 2.41. The molecule has 0 saturated carbocycles. The third kappa shape index (κ3) is 2.82. The van der Waals surface area contributed by atoms with Crippen LogP contribution in [0.5, 0.6) is 11.5 Å². The van der Waals surface area contributed by atoms with Crippen LogP contribution in [-0.4, -0.2) is 36.0 Å². The van der Waals surface area contributed by atoms with Crippen molar-refractivity contribution in [2.45, 2.75) is 18.9 Å². The van der Waals surface area contributed by atoms with E-state index in [2.05, 4.69) is 27.4 Å². The monoisotopic (exact) mass is 349 g/mol. The first-order chi connectivity index (χ1) is 12.9. The molecule has 2 aromatic carbocycles. The minimum Gasteiger partial charge on any atom is -0.454 e. The molecule has 3 heterocycles. The van der Waals surface area contributed by atoms with E-state index in [0.29, 0.717) is 0 Å². The maximum atomic E-state index is 5.69. The van der Waals surface area contributed by atoms with Crippen LogP contribution in [0.25, 0.3) is 22.0 Å². The molecule has 6 heteroatoms. The van der Waals surface area contributed by atoms with Gasteiger partial charge < -0.3 is 19.5 Å². The molecule has 2 aliphatic rings. The number of benzene rings is 2. The molecule has 132 valence electrons. The molecule has 5 rings (SSSR count). The highest BCUT2D eigenvalue weighted by molar-refractivity contribution is 5.92. The summed E-state index contributed by atoms with van der Waals surface area (Å²) in [5.41, 5.74) is 3.08. The van der Waals surface area contributed by atoms with E-state index in [-0.39, 0.29) is 12.9 Å². The normalized spacial score (nSPS) is 18.4. The van der Waals surface area contributed by atoms with Crippen LogP contribution >= 0.6 is 0 Å². The zero-order valence-corrected chi connectivity index (χ0v) is 14.3. The minimum atomic E-state index is 0.261. The van der Waals surface area contributed by atoms with Gasteiger partial charge >= 0.3 is 0 Å². The summed E-state index contributed by atoms with van der Waals surface area (Å²) in [7, 11) is 0. The van der Waals surface area contributed by atoms with Crippen LogP contribution in [0.1, 0.15) is 12.8 Å². The van der Waals surface area contributed by atoms with Crippen LogP contribution in [0, 0.1) is 0 Å². The number of hydrogen-bond donors (Lipinski definition) is 1. The molecule has 0 unspecified atom stereocenters. The number of rotatable bonds is 4. The van der Waals surface area contributed by atoms with E-state index in [9.17, 15) is 0 Å². The predicted molar refractivity (Wildman–Crippen MR) is 98.6 cm³/mol. The Morgan fingerprint density at radius 2 is 1.88 bits per heavy atom. The van der Waals surface area contributed by atoms with Crippen LogP contribution in [0.3, 0.4) is 0 Å². The summed E-state index contributed by atoms with van der Waals surface area (Å²) >= 11 is 0. The fourth-order valence-corrected chi connectivity index (χ4v) is 3.47. The molecule has 1 N–H and O–H groups in total. The Morgan fingerprint density at radius 3 is 2.81 bits per heavy atom. The molecular formula is C20H19N3O3. The van der Waals surface area contributed by atoms with Crippen molar-refractivity contribution in [3.63, 3.8) is 0 Å². The fourth-order valence-electron chi connectivity index (χ4n) is 3.47. The van der Waals surface area contributed by atoms with Gasteiger partial charge in [0.2, 0.25) is 6.79 Å². The molecule has 0 spiro atoms. The quantitative estimate of drug-likeness (QED) is 0.776. The highest BCUT2D eigenvalue weighted by Crippen LogP contribution is 2.36. The molecule has 6 nitrogen and oxygen atoms in total. The average molecular weight is 349 g/mol. The SMILES string of the molecule is c1nc(NC[C@@H]2CCCO2)c2cc(-c3ccc4c(c3)OCO4)ccc2n1. The number of anilines is 1. The molecule has 0 radical (unpaired) electrons. The van der Waals surface area contributed by atoms with Crippen molar-refractivity contribution in [3.8, 4) is 22.6 Å². The fraction of sp³-hybridized carbons (Fsp3) is 0.300. The largest absolute Gasteiger partial charge is 0.454 e. The van der Waals surface area contributed by atoms with Crippen molar-refractivity contribution in [2.75, 3.05) is 25.3 Å². The van der Waals surface area contributed by atoms with E-state index in [0.717, 1.165) is 65.3 Å². The Bertz CT molecular complexity index is 954. The molecule has 1 aromatic heterocycles. The molecule has 0 amide bonds. The van der Waals surface area contributed by atoms with Gasteiger partial charge in [-0.15, -0.1) is 0 Å². The van der Waals surface area contributed by atoms with Crippen molar-refractivity contribution < 1.29 is 14.2 Å². The molecule has 1 fully saturated rings. The Morgan fingerprint density at radius 1 is 1.00 bits per heavy atom. The maximum absolute atomic E-state index is 5.69. The summed E-state index contributed by atoms with van der Waals surface area (Å²) in [6.45, 7) is 1.90. The zero-order valence-electron chi connectivity index (χ0n) is 14.3. The van der Waals surface area contributed by atoms with E-state index < -0.39 is 0 Å². The number of aromatic nitrogens is 2. The van der Waals surface area contributed by atoms with Crippen molar-refractivity contribution in [1.29, 1.82) is 0 Å². The van der Waals surface area contributed by atoms with Crippen molar-refractivity contribution in [1.82, 2.24) is 9.97 Å². The first-order valence-electron chi connectivity index (χ1n) is 8.87. The van der Waals surface area contributed by atoms with Crippen LogP contribution in [-0.2, 0) is 4.74 Å². The lowest BCUT2D eigenvalue weighted by Crippen LogP contribution is -2.19. The van der Waals surface area contributed by atoms with Crippen LogP contribution in [0.4, 0.5) is 5.82 Å². The van der Waals surface area contributed by atoms with Gasteiger partial charge in [-0.2, -0.15) is 0 Å². The number of ether oxygens (including phenoxy) is 3. The Balaban J connectivity index is 1.48. The van der Waals surface area contributed by atoms with E-state index in [1.807, 2.05) is 24.3 Å². The topological polar surface area (TPSA) is 65.5 Å². The summed E-state index contributed by atoms with van der Waals surface area (Å²) in [6.07, 6.45) is 4.08. The molecule has 26 heavy (non-hydrogen) atoms. The Kier molecular flexibility index (Phi) is 3.83. The average Bonchev–Trinajstić information content (AvgIpc) is 3.37. The van der Waals surface area contributed by atoms with Crippen molar-refractivity contribution in [2.24, 2.45) is 0 Å². The van der Waals surface area contributed by atoms with E-state index in [1.54, 1.807) is 6.33 Å². The first kappa shape index (κ1) is 15.4. The summed E-state index contributed by atoms with van der Waals surface area (Å²) in [5, 5.41) is 4.43. The lowest BCUT2D eigenvalue weighted by molar-refractivity contribution is 0.120. The Labute approximate surface area is 151 Å². The molecule has 3 aromatic rings. The third-order valence-electron chi connectivity index (χ3n) is 4.86. The van der Waals surface area contributed by atoms with Gasteiger partial charge in [0.05, 0.1) is 11.6 Å². The van der Waals surface area contributed by atoms with Gasteiger partial charge in [-0.05, 0) is 48.2 Å². The maximum Gasteiger partial charge on any atom is 0.231 e. The van der Waals surface area contributed by atoms with Gasteiger partial charge in [0.15, 0.2) is 11.5 Å². The highest BCUT2D eigenvalue weighted by Gasteiger charge is 2.17. The number of nitrogens with zero attached hydrogens (tertiary/aromatic N) is 2. The summed E-state index contributed by atoms with van der Waals surface area (Å²) in [6, 6.07) is 12.2. The van der Waals surface area contributed by atoms with E-state index in [1.165, 1.54) is 0 Å². The number of fused-ring (bicyclic) bond motifs is 2. The van der Waals surface area contributed by atoms with Gasteiger partial charge in [0.1, 0.15) is 12.1 Å². The van der Waals surface area contributed by atoms with Crippen molar-refractivity contribution in [3.05, 3.63) is 42.7 Å². The molecule has 0 bridgehead atoms. The molecule has 2 aliphatic heterocycles. The van der Waals surface area contributed by atoms with Crippen molar-refractivity contribution >= 4 is 16.7 Å². The summed E-state index contributed by atoms with van der Waals surface area (Å²) in [4.78, 5) is 8.83. The van der Waals surface area contributed by atoms with Crippen LogP contribution < -0.4 is 14.8 Å². The van der Waals surface area contributed by atoms with Crippen LogP contribution in [0.15, 0.2) is 42.7 Å². The zero-order chi connectivity index (χ0) is 17.3. The highest BCUT2D eigenvalue weighted by atomic mass is 16.7. The second-order valence-corrected chi connectivity index (χ2v) is 6.54. The first-order valence-corrected chi connectivity index (χ1v) is 8.87. The number of hydrogen-bond acceptors (Lipinski definition) is 6. The lowest BCUT2D eigenvalue weighted by atomic mass is 10.0. The van der Waals surface area contributed by atoms with Gasteiger partial charge in [-0.25, -0.2) is 9.97 Å². The van der Waals surface area contributed by atoms with Gasteiger partial charge in [-0.3, -0.25) is 0 Å². The number of nitrogens with one attached hydrogen (secondary N) is 1. The van der Waals surface area contributed by atoms with Gasteiger partial charge in [0, 0.05) is 18.5 Å². The standard InChI is InChI=1S/C20H19N3O3/c1-2-15(24-7-1)10-21-20-16-8-13(3-5-17(16)22-11-23-20)14-4-6-18-19(9-14)26-12-25-18/h3-6,8-9,11,15H,1-2,7,10,12H2,(H,21,22,23)/t15-/m0/s1.